The Kier molecular flexibility index (Phi) is 7.27. The van der Waals surface area contributed by atoms with E-state index in [0.29, 0.717) is 16.8 Å². The van der Waals surface area contributed by atoms with Crippen LogP contribution in [0.2, 0.25) is 5.02 Å². The molecule has 3 amide bonds. The fourth-order valence-corrected chi connectivity index (χ4v) is 5.68. The molecule has 6 rings (SSSR count). The monoisotopic (exact) mass is 605 g/mol. The number of ether oxygens (including phenoxy) is 1. The number of nitrogens with one attached hydrogen (secondary N) is 3. The van der Waals surface area contributed by atoms with Crippen molar-refractivity contribution in [3.05, 3.63) is 100.0 Å². The molecule has 42 heavy (non-hydrogen) atoms. The van der Waals surface area contributed by atoms with Crippen LogP contribution < -0.4 is 20.7 Å². The summed E-state index contributed by atoms with van der Waals surface area (Å²) in [5.74, 6) is -1.91. The Bertz CT molecular complexity index is 1860. The van der Waals surface area contributed by atoms with Crippen LogP contribution in [0.3, 0.4) is 0 Å². The summed E-state index contributed by atoms with van der Waals surface area (Å²) < 4.78 is 25.9. The van der Waals surface area contributed by atoms with E-state index in [1.54, 1.807) is 30.5 Å². The average molecular weight is 606 g/mol. The van der Waals surface area contributed by atoms with Gasteiger partial charge < -0.3 is 25.3 Å². The van der Waals surface area contributed by atoms with E-state index in [1.807, 2.05) is 12.1 Å². The molecular formula is C28H21ClFN7O4S. The van der Waals surface area contributed by atoms with Crippen LogP contribution in [0.1, 0.15) is 44.0 Å². The average Bonchev–Trinajstić information content (AvgIpc) is 3.59. The molecule has 4 heterocycles. The first kappa shape index (κ1) is 27.3. The zero-order valence-electron chi connectivity index (χ0n) is 21.9. The van der Waals surface area contributed by atoms with E-state index in [0.717, 1.165) is 4.70 Å². The number of halogens is 2. The number of methoxy groups -OCH3 is 1. The highest BCUT2D eigenvalue weighted by molar-refractivity contribution is 7.13. The van der Waals surface area contributed by atoms with Crippen LogP contribution >= 0.6 is 23.1 Å². The van der Waals surface area contributed by atoms with E-state index in [2.05, 4.69) is 30.3 Å². The third kappa shape index (κ3) is 5.15. The minimum absolute atomic E-state index is 0.00123. The van der Waals surface area contributed by atoms with Crippen molar-refractivity contribution in [1.82, 2.24) is 29.5 Å². The quantitative estimate of drug-likeness (QED) is 0.254. The van der Waals surface area contributed by atoms with E-state index in [9.17, 15) is 18.8 Å². The molecule has 3 aromatic heterocycles. The molecule has 0 spiro atoms. The summed E-state index contributed by atoms with van der Waals surface area (Å²) in [6.07, 6.45) is 1.55. The normalized spacial score (nSPS) is 14.3. The number of fused-ring (bicyclic) bond motifs is 2. The highest BCUT2D eigenvalue weighted by Crippen LogP contribution is 2.36. The van der Waals surface area contributed by atoms with Crippen molar-refractivity contribution >= 4 is 56.8 Å². The van der Waals surface area contributed by atoms with E-state index >= 15 is 0 Å². The van der Waals surface area contributed by atoms with E-state index in [-0.39, 0.29) is 46.7 Å². The van der Waals surface area contributed by atoms with Crippen LogP contribution in [0.15, 0.2) is 60.8 Å². The first-order chi connectivity index (χ1) is 20.3. The summed E-state index contributed by atoms with van der Waals surface area (Å²) in [4.78, 5) is 48.3. The highest BCUT2D eigenvalue weighted by Gasteiger charge is 2.36. The summed E-state index contributed by atoms with van der Waals surface area (Å²) in [6, 6.07) is 13.4. The van der Waals surface area contributed by atoms with Crippen molar-refractivity contribution < 1.29 is 23.5 Å². The molecule has 3 N–H and O–H groups in total. The number of hydrogen-bond acceptors (Lipinski definition) is 8. The number of pyridine rings is 1. The Labute approximate surface area is 246 Å². The zero-order chi connectivity index (χ0) is 29.4. The number of carbonyl (C=O) groups excluding carboxylic acids is 3. The molecule has 0 bridgehead atoms. The smallest absolute Gasteiger partial charge is 0.287 e. The molecule has 1 atom stereocenters. The number of imidazole rings is 1. The summed E-state index contributed by atoms with van der Waals surface area (Å²) >= 11 is 7.59. The molecule has 0 aliphatic carbocycles. The molecule has 1 unspecified atom stereocenters. The lowest BCUT2D eigenvalue weighted by molar-refractivity contribution is -0.123. The molecule has 212 valence electrons. The number of anilines is 1. The Morgan fingerprint density at radius 1 is 1.19 bits per heavy atom. The van der Waals surface area contributed by atoms with Gasteiger partial charge in [-0.25, -0.2) is 14.4 Å². The van der Waals surface area contributed by atoms with Crippen molar-refractivity contribution in [2.75, 3.05) is 12.4 Å². The van der Waals surface area contributed by atoms with Crippen LogP contribution in [0, 0.1) is 5.82 Å². The summed E-state index contributed by atoms with van der Waals surface area (Å²) in [5, 5.41) is 9.14. The minimum atomic E-state index is -1.02. The molecule has 0 saturated heterocycles. The summed E-state index contributed by atoms with van der Waals surface area (Å²) in [7, 11) is 1.50. The second kappa shape index (κ2) is 11.2. The molecule has 1 aliphatic heterocycles. The third-order valence-corrected chi connectivity index (χ3v) is 7.81. The topological polar surface area (TPSA) is 140 Å². The molecule has 0 fully saturated rings. The largest absolute Gasteiger partial charge is 0.481 e. The van der Waals surface area contributed by atoms with Crippen LogP contribution in [-0.2, 0) is 17.9 Å². The second-order valence-electron chi connectivity index (χ2n) is 9.29. The van der Waals surface area contributed by atoms with Crippen LogP contribution in [-0.4, -0.2) is 43.7 Å². The van der Waals surface area contributed by atoms with Crippen LogP contribution in [0.25, 0.3) is 10.1 Å². The lowest BCUT2D eigenvalue weighted by atomic mass is 10.0. The van der Waals surface area contributed by atoms with Crippen molar-refractivity contribution in [2.45, 2.75) is 19.1 Å². The zero-order valence-corrected chi connectivity index (χ0v) is 23.4. The maximum atomic E-state index is 14.3. The van der Waals surface area contributed by atoms with E-state index < -0.39 is 29.6 Å². The molecule has 2 aromatic carbocycles. The Morgan fingerprint density at radius 2 is 2.02 bits per heavy atom. The third-order valence-electron chi connectivity index (χ3n) is 6.64. The standard InChI is InChI=1S/C28H21ClFN7O4S/c1-41-21-9-6-14(11-31-21)12-32-28(40)26-34-25(35-27(39)23-16-4-2-3-5-19(16)42-36-23)24-22(33-20(38)13-37(24)26)17-10-15(30)7-8-18(17)29/h2-11,22H,12-13H2,1H3,(H,32,40)(H,33,38)(H,35,39). The van der Waals surface area contributed by atoms with Gasteiger partial charge in [-0.3, -0.25) is 14.4 Å². The van der Waals surface area contributed by atoms with Gasteiger partial charge in [-0.2, -0.15) is 4.37 Å². The van der Waals surface area contributed by atoms with Gasteiger partial charge in [0.25, 0.3) is 11.8 Å². The van der Waals surface area contributed by atoms with E-state index in [4.69, 9.17) is 16.3 Å². The number of benzene rings is 2. The van der Waals surface area contributed by atoms with Crippen molar-refractivity contribution in [3.8, 4) is 5.88 Å². The van der Waals surface area contributed by atoms with Crippen LogP contribution in [0.5, 0.6) is 5.88 Å². The molecule has 5 aromatic rings. The predicted molar refractivity (Wildman–Crippen MR) is 153 cm³/mol. The van der Waals surface area contributed by atoms with Gasteiger partial charge in [0.15, 0.2) is 5.82 Å². The number of aromatic nitrogens is 4. The van der Waals surface area contributed by atoms with Gasteiger partial charge in [0.2, 0.25) is 17.6 Å². The van der Waals surface area contributed by atoms with Gasteiger partial charge in [0, 0.05) is 34.8 Å². The fourth-order valence-electron chi connectivity index (χ4n) is 4.68. The van der Waals surface area contributed by atoms with Gasteiger partial charge in [-0.1, -0.05) is 35.9 Å². The van der Waals surface area contributed by atoms with E-state index in [1.165, 1.54) is 41.4 Å². The SMILES string of the molecule is COc1ccc(CNC(=O)c2nc(NC(=O)c3nsc4ccccc34)c3n2CC(=O)NC3c2cc(F)ccc2Cl)cn1. The summed E-state index contributed by atoms with van der Waals surface area (Å²) in [5.41, 5.74) is 1.36. The van der Waals surface area contributed by atoms with Gasteiger partial charge in [0.05, 0.1) is 23.5 Å². The predicted octanol–water partition coefficient (Wildman–Crippen LogP) is 4.09. The molecule has 11 nitrogen and oxygen atoms in total. The maximum absolute atomic E-state index is 14.3. The number of nitrogens with zero attached hydrogens (tertiary/aromatic N) is 4. The van der Waals surface area contributed by atoms with Gasteiger partial charge >= 0.3 is 0 Å². The lowest BCUT2D eigenvalue weighted by Gasteiger charge is -2.28. The highest BCUT2D eigenvalue weighted by atomic mass is 35.5. The Balaban J connectivity index is 1.40. The molecule has 14 heteroatoms. The molecular weight excluding hydrogens is 585 g/mol. The lowest BCUT2D eigenvalue weighted by Crippen LogP contribution is -2.41. The first-order valence-electron chi connectivity index (χ1n) is 12.6. The van der Waals surface area contributed by atoms with Gasteiger partial charge in [-0.05, 0) is 41.4 Å². The summed E-state index contributed by atoms with van der Waals surface area (Å²) in [6.45, 7) is -0.163. The minimum Gasteiger partial charge on any atom is -0.481 e. The fraction of sp³-hybridized carbons (Fsp3) is 0.143. The van der Waals surface area contributed by atoms with Gasteiger partial charge in [-0.15, -0.1) is 0 Å². The second-order valence-corrected chi connectivity index (χ2v) is 10.5. The van der Waals surface area contributed by atoms with Crippen molar-refractivity contribution in [1.29, 1.82) is 0 Å². The van der Waals surface area contributed by atoms with Gasteiger partial charge in [0.1, 0.15) is 18.1 Å². The Morgan fingerprint density at radius 3 is 2.81 bits per heavy atom. The molecule has 0 saturated carbocycles. The number of rotatable bonds is 7. The van der Waals surface area contributed by atoms with Crippen molar-refractivity contribution in [3.63, 3.8) is 0 Å². The van der Waals surface area contributed by atoms with Crippen LogP contribution in [0.4, 0.5) is 10.2 Å². The van der Waals surface area contributed by atoms with Crippen molar-refractivity contribution in [2.24, 2.45) is 0 Å². The number of carbonyl (C=O) groups is 3. The first-order valence-corrected chi connectivity index (χ1v) is 13.7. The number of hydrogen-bond donors (Lipinski definition) is 3. The number of amides is 3. The maximum Gasteiger partial charge on any atom is 0.287 e. The molecule has 1 aliphatic rings. The molecule has 0 radical (unpaired) electrons. The Hall–Kier alpha value is -4.88.